The van der Waals surface area contributed by atoms with E-state index < -0.39 is 5.54 Å². The number of amides is 1. The Hall–Kier alpha value is -0.610. The Labute approximate surface area is 112 Å². The van der Waals surface area contributed by atoms with Crippen LogP contribution in [0, 0.1) is 5.92 Å². The number of rotatable bonds is 10. The molecule has 0 aliphatic carbocycles. The number of unbranched alkanes of at least 4 members (excludes halogenated alkanes) is 1. The minimum Gasteiger partial charge on any atom is -0.368 e. The summed E-state index contributed by atoms with van der Waals surface area (Å²) in [5, 5.41) is 3.19. The van der Waals surface area contributed by atoms with Crippen LogP contribution in [0.1, 0.15) is 47.0 Å². The van der Waals surface area contributed by atoms with Gasteiger partial charge < -0.3 is 16.0 Å². The predicted octanol–water partition coefficient (Wildman–Crippen LogP) is 1.60. The molecule has 0 bridgehead atoms. The maximum absolute atomic E-state index is 11.4. The summed E-state index contributed by atoms with van der Waals surface area (Å²) in [7, 11) is 2.15. The van der Waals surface area contributed by atoms with Crippen LogP contribution in [0.15, 0.2) is 0 Å². The van der Waals surface area contributed by atoms with E-state index in [4.69, 9.17) is 5.73 Å². The van der Waals surface area contributed by atoms with E-state index in [1.54, 1.807) is 0 Å². The van der Waals surface area contributed by atoms with Gasteiger partial charge in [0.2, 0.25) is 5.91 Å². The SMILES string of the molecule is CCNC(C)(CCCCN(C)CC(C)C)C(N)=O. The number of hydrogen-bond donors (Lipinski definition) is 2. The highest BCUT2D eigenvalue weighted by molar-refractivity contribution is 5.84. The average molecular weight is 257 g/mol. The Morgan fingerprint density at radius 2 is 2.00 bits per heavy atom. The lowest BCUT2D eigenvalue weighted by atomic mass is 9.94. The summed E-state index contributed by atoms with van der Waals surface area (Å²) < 4.78 is 0. The van der Waals surface area contributed by atoms with E-state index in [0.717, 1.165) is 38.9 Å². The Balaban J connectivity index is 3.90. The highest BCUT2D eigenvalue weighted by atomic mass is 16.1. The normalized spacial score (nSPS) is 15.1. The quantitative estimate of drug-likeness (QED) is 0.584. The third kappa shape index (κ3) is 6.97. The number of hydrogen-bond acceptors (Lipinski definition) is 3. The zero-order valence-corrected chi connectivity index (χ0v) is 12.8. The minimum atomic E-state index is -0.550. The van der Waals surface area contributed by atoms with Crippen LogP contribution in [0.5, 0.6) is 0 Å². The number of carbonyl (C=O) groups is 1. The Bertz CT molecular complexity index is 243. The van der Waals surface area contributed by atoms with Crippen molar-refractivity contribution in [2.45, 2.75) is 52.5 Å². The molecular weight excluding hydrogens is 226 g/mol. The zero-order valence-electron chi connectivity index (χ0n) is 12.8. The topological polar surface area (TPSA) is 58.4 Å². The van der Waals surface area contributed by atoms with Crippen molar-refractivity contribution < 1.29 is 4.79 Å². The molecule has 0 heterocycles. The van der Waals surface area contributed by atoms with Crippen LogP contribution >= 0.6 is 0 Å². The average Bonchev–Trinajstić information content (AvgIpc) is 2.23. The molecule has 1 unspecified atom stereocenters. The van der Waals surface area contributed by atoms with Crippen molar-refractivity contribution in [2.24, 2.45) is 11.7 Å². The lowest BCUT2D eigenvalue weighted by molar-refractivity contribution is -0.124. The first kappa shape index (κ1) is 17.4. The minimum absolute atomic E-state index is 0.250. The summed E-state index contributed by atoms with van der Waals surface area (Å²) in [4.78, 5) is 13.8. The van der Waals surface area contributed by atoms with Gasteiger partial charge >= 0.3 is 0 Å². The lowest BCUT2D eigenvalue weighted by Gasteiger charge is -2.27. The van der Waals surface area contributed by atoms with Crippen molar-refractivity contribution in [2.75, 3.05) is 26.7 Å². The van der Waals surface area contributed by atoms with E-state index in [-0.39, 0.29) is 5.91 Å². The largest absolute Gasteiger partial charge is 0.368 e. The zero-order chi connectivity index (χ0) is 14.2. The number of nitrogens with one attached hydrogen (secondary N) is 1. The van der Waals surface area contributed by atoms with E-state index in [1.807, 2.05) is 13.8 Å². The molecule has 0 saturated heterocycles. The van der Waals surface area contributed by atoms with Crippen LogP contribution in [0.25, 0.3) is 0 Å². The van der Waals surface area contributed by atoms with Gasteiger partial charge in [-0.05, 0) is 52.2 Å². The van der Waals surface area contributed by atoms with E-state index in [1.165, 1.54) is 0 Å². The summed E-state index contributed by atoms with van der Waals surface area (Å²) in [6, 6.07) is 0. The van der Waals surface area contributed by atoms with Crippen molar-refractivity contribution in [1.29, 1.82) is 0 Å². The molecule has 18 heavy (non-hydrogen) atoms. The van der Waals surface area contributed by atoms with Crippen LogP contribution in [0.2, 0.25) is 0 Å². The first-order valence-corrected chi connectivity index (χ1v) is 7.05. The number of nitrogens with zero attached hydrogens (tertiary/aromatic N) is 1. The van der Waals surface area contributed by atoms with Gasteiger partial charge in [0.15, 0.2) is 0 Å². The molecule has 1 atom stereocenters. The molecule has 0 rings (SSSR count). The fourth-order valence-electron chi connectivity index (χ4n) is 2.26. The van der Waals surface area contributed by atoms with Gasteiger partial charge in [0.05, 0.1) is 5.54 Å². The van der Waals surface area contributed by atoms with Gasteiger partial charge in [-0.25, -0.2) is 0 Å². The fraction of sp³-hybridized carbons (Fsp3) is 0.929. The molecule has 0 spiro atoms. The number of likely N-dealkylation sites (N-methyl/N-ethyl adjacent to an activating group) is 1. The first-order chi connectivity index (χ1) is 8.31. The van der Waals surface area contributed by atoms with Crippen LogP contribution in [0.4, 0.5) is 0 Å². The molecule has 1 amide bonds. The van der Waals surface area contributed by atoms with Gasteiger partial charge in [-0.15, -0.1) is 0 Å². The third-order valence-corrected chi connectivity index (χ3v) is 3.25. The molecule has 0 aromatic rings. The van der Waals surface area contributed by atoms with Gasteiger partial charge in [-0.1, -0.05) is 20.8 Å². The predicted molar refractivity (Wildman–Crippen MR) is 77.5 cm³/mol. The number of nitrogens with two attached hydrogens (primary N) is 1. The second-order valence-electron chi connectivity index (χ2n) is 5.84. The Morgan fingerprint density at radius 1 is 1.39 bits per heavy atom. The summed E-state index contributed by atoms with van der Waals surface area (Å²) in [6.07, 6.45) is 2.94. The third-order valence-electron chi connectivity index (χ3n) is 3.25. The van der Waals surface area contributed by atoms with Crippen LogP contribution < -0.4 is 11.1 Å². The molecule has 0 aliphatic heterocycles. The Kier molecular flexibility index (Phi) is 8.20. The lowest BCUT2D eigenvalue weighted by Crippen LogP contribution is -2.53. The second-order valence-corrected chi connectivity index (χ2v) is 5.84. The summed E-state index contributed by atoms with van der Waals surface area (Å²) >= 11 is 0. The molecule has 0 aromatic heterocycles. The molecular formula is C14H31N3O. The Morgan fingerprint density at radius 3 is 2.44 bits per heavy atom. The van der Waals surface area contributed by atoms with Gasteiger partial charge in [-0.3, -0.25) is 4.79 Å². The molecule has 0 fully saturated rings. The monoisotopic (exact) mass is 257 g/mol. The van der Waals surface area contributed by atoms with Crippen molar-refractivity contribution in [3.8, 4) is 0 Å². The second kappa shape index (κ2) is 8.48. The standard InChI is InChI=1S/C14H31N3O/c1-6-16-14(4,13(15)18)9-7-8-10-17(5)11-12(2)3/h12,16H,6-11H2,1-5H3,(H2,15,18). The molecule has 108 valence electrons. The smallest absolute Gasteiger partial charge is 0.237 e. The first-order valence-electron chi connectivity index (χ1n) is 7.05. The fourth-order valence-corrected chi connectivity index (χ4v) is 2.26. The summed E-state index contributed by atoms with van der Waals surface area (Å²) in [5.41, 5.74) is 4.90. The van der Waals surface area contributed by atoms with Gasteiger partial charge in [-0.2, -0.15) is 0 Å². The van der Waals surface area contributed by atoms with Crippen LogP contribution in [-0.2, 0) is 4.79 Å². The van der Waals surface area contributed by atoms with Crippen molar-refractivity contribution in [1.82, 2.24) is 10.2 Å². The molecule has 0 aliphatic rings. The summed E-state index contributed by atoms with van der Waals surface area (Å²) in [6.45, 7) is 11.3. The van der Waals surface area contributed by atoms with Crippen molar-refractivity contribution in [3.05, 3.63) is 0 Å². The maximum atomic E-state index is 11.4. The highest BCUT2D eigenvalue weighted by Gasteiger charge is 2.28. The molecule has 4 heteroatoms. The van der Waals surface area contributed by atoms with E-state index in [0.29, 0.717) is 5.92 Å². The summed E-state index contributed by atoms with van der Waals surface area (Å²) in [5.74, 6) is 0.451. The van der Waals surface area contributed by atoms with Gasteiger partial charge in [0.25, 0.3) is 0 Å². The molecule has 4 nitrogen and oxygen atoms in total. The van der Waals surface area contributed by atoms with E-state index in [9.17, 15) is 4.79 Å². The van der Waals surface area contributed by atoms with Gasteiger partial charge in [0.1, 0.15) is 0 Å². The highest BCUT2D eigenvalue weighted by Crippen LogP contribution is 2.13. The van der Waals surface area contributed by atoms with Gasteiger partial charge in [0, 0.05) is 6.54 Å². The number of carbonyl (C=O) groups excluding carboxylic acids is 1. The molecule has 3 N–H and O–H groups in total. The molecule has 0 saturated carbocycles. The molecule has 0 aromatic carbocycles. The van der Waals surface area contributed by atoms with Crippen LogP contribution in [0.3, 0.4) is 0 Å². The maximum Gasteiger partial charge on any atom is 0.237 e. The van der Waals surface area contributed by atoms with Crippen molar-refractivity contribution >= 4 is 5.91 Å². The number of primary amides is 1. The van der Waals surface area contributed by atoms with Crippen molar-refractivity contribution in [3.63, 3.8) is 0 Å². The van der Waals surface area contributed by atoms with Crippen LogP contribution in [-0.4, -0.2) is 43.0 Å². The van der Waals surface area contributed by atoms with E-state index >= 15 is 0 Å². The van der Waals surface area contributed by atoms with E-state index in [2.05, 4.69) is 31.1 Å². The molecule has 0 radical (unpaired) electrons.